The van der Waals surface area contributed by atoms with Crippen molar-refractivity contribution >= 4 is 29.3 Å². The molecule has 1 aliphatic heterocycles. The first-order chi connectivity index (χ1) is 12.5. The van der Waals surface area contributed by atoms with E-state index in [1.54, 1.807) is 35.1 Å². The fourth-order valence-electron chi connectivity index (χ4n) is 2.86. The van der Waals surface area contributed by atoms with Crippen molar-refractivity contribution in [3.05, 3.63) is 71.6 Å². The van der Waals surface area contributed by atoms with Gasteiger partial charge in [0, 0.05) is 23.3 Å². The Kier molecular flexibility index (Phi) is 4.73. The van der Waals surface area contributed by atoms with E-state index in [0.29, 0.717) is 28.0 Å². The monoisotopic (exact) mass is 388 g/mol. The Balaban J connectivity index is 0.00000210. The van der Waals surface area contributed by atoms with Crippen molar-refractivity contribution in [2.75, 3.05) is 0 Å². The van der Waals surface area contributed by atoms with E-state index in [-0.39, 0.29) is 30.6 Å². The average molecular weight is 389 g/mol. The van der Waals surface area contributed by atoms with Gasteiger partial charge in [-0.25, -0.2) is 19.0 Å². The maximum absolute atomic E-state index is 14.0. The maximum atomic E-state index is 14.0. The predicted octanol–water partition coefficient (Wildman–Crippen LogP) is 0.870. The zero-order valence-corrected chi connectivity index (χ0v) is 14.9. The van der Waals surface area contributed by atoms with Gasteiger partial charge in [0.1, 0.15) is 17.3 Å². The molecule has 0 radical (unpaired) electrons. The molecule has 1 unspecified atom stereocenters. The van der Waals surface area contributed by atoms with Crippen molar-refractivity contribution in [3.8, 4) is 0 Å². The number of hydrogen-bond acceptors (Lipinski definition) is 7. The largest absolute Gasteiger partial charge is 0.395 e. The topological polar surface area (TPSA) is 133 Å². The molecule has 27 heavy (non-hydrogen) atoms. The normalized spacial score (nSPS) is 19.0. The molecule has 0 fully saturated rings. The Labute approximate surface area is 160 Å². The first kappa shape index (κ1) is 18.6. The second-order valence-corrected chi connectivity index (χ2v) is 5.98. The van der Waals surface area contributed by atoms with Crippen LogP contribution in [0.1, 0.15) is 11.3 Å². The van der Waals surface area contributed by atoms with E-state index >= 15 is 0 Å². The molecule has 3 heterocycles. The molecular formula is C17H18ClFN8. The number of aliphatic imine (C=N–C) groups is 1. The minimum atomic E-state index is -1.39. The van der Waals surface area contributed by atoms with Crippen LogP contribution in [0.4, 0.5) is 4.39 Å². The van der Waals surface area contributed by atoms with Crippen LogP contribution in [0, 0.1) is 5.82 Å². The van der Waals surface area contributed by atoms with Gasteiger partial charge in [-0.3, -0.25) is 5.73 Å². The Morgan fingerprint density at radius 3 is 2.67 bits per heavy atom. The van der Waals surface area contributed by atoms with E-state index in [9.17, 15) is 4.39 Å². The van der Waals surface area contributed by atoms with Gasteiger partial charge in [0.2, 0.25) is 5.79 Å². The lowest BCUT2D eigenvalue weighted by Crippen LogP contribution is -2.51. The van der Waals surface area contributed by atoms with Gasteiger partial charge in [-0.2, -0.15) is 5.10 Å². The summed E-state index contributed by atoms with van der Waals surface area (Å²) in [5.41, 5.74) is 19.7. The molecule has 10 heteroatoms. The highest BCUT2D eigenvalue weighted by atomic mass is 35.5. The molecule has 1 aliphatic rings. The number of rotatable bonds is 3. The highest BCUT2D eigenvalue weighted by Gasteiger charge is 2.34. The summed E-state index contributed by atoms with van der Waals surface area (Å²) in [5.74, 6) is -1.59. The molecule has 8 nitrogen and oxygen atoms in total. The molecule has 4 rings (SSSR count). The fourth-order valence-corrected chi connectivity index (χ4v) is 2.86. The summed E-state index contributed by atoms with van der Waals surface area (Å²) >= 11 is 0. The first-order valence-electron chi connectivity index (χ1n) is 7.91. The summed E-state index contributed by atoms with van der Waals surface area (Å²) in [6.07, 6.45) is 3.12. The van der Waals surface area contributed by atoms with E-state index in [1.165, 1.54) is 12.3 Å². The fraction of sp³-hybridized carbons (Fsp3) is 0.118. The lowest BCUT2D eigenvalue weighted by molar-refractivity contribution is 0.392. The summed E-state index contributed by atoms with van der Waals surface area (Å²) in [4.78, 5) is 8.61. The third kappa shape index (κ3) is 3.18. The molecule has 2 aromatic heterocycles. The molecule has 0 spiro atoms. The van der Waals surface area contributed by atoms with Crippen LogP contribution >= 0.6 is 12.4 Å². The average Bonchev–Trinajstić information content (AvgIpc) is 3.00. The lowest BCUT2D eigenvalue weighted by atomic mass is 10.1. The Bertz CT molecular complexity index is 1060. The van der Waals surface area contributed by atoms with Crippen LogP contribution in [0.15, 0.2) is 59.5 Å². The molecule has 7 N–H and O–H groups in total. The number of nitrogens with two attached hydrogens (primary N) is 3. The molecule has 0 saturated carbocycles. The van der Waals surface area contributed by atoms with Crippen LogP contribution in [0.2, 0.25) is 0 Å². The number of benzene rings is 1. The van der Waals surface area contributed by atoms with Gasteiger partial charge in [0.05, 0.1) is 12.2 Å². The van der Waals surface area contributed by atoms with E-state index in [0.717, 1.165) is 0 Å². The van der Waals surface area contributed by atoms with Crippen LogP contribution in [0.25, 0.3) is 11.0 Å². The van der Waals surface area contributed by atoms with Gasteiger partial charge in [-0.1, -0.05) is 18.2 Å². The number of nitrogens with one attached hydrogen (secondary N) is 1. The van der Waals surface area contributed by atoms with E-state index < -0.39 is 5.79 Å². The van der Waals surface area contributed by atoms with Crippen molar-refractivity contribution in [1.82, 2.24) is 20.1 Å². The van der Waals surface area contributed by atoms with Crippen molar-refractivity contribution in [2.24, 2.45) is 22.2 Å². The zero-order valence-electron chi connectivity index (χ0n) is 14.1. The molecule has 0 bridgehead atoms. The lowest BCUT2D eigenvalue weighted by Gasteiger charge is -2.28. The number of halogens is 2. The SMILES string of the molecule is Cl.NC1=CNC(N)(c2nn(Cc3ccccc3F)c3ncccc23)N=C1N. The summed E-state index contributed by atoms with van der Waals surface area (Å²) < 4.78 is 15.6. The molecule has 0 amide bonds. The number of hydrogen-bond donors (Lipinski definition) is 4. The number of amidine groups is 1. The van der Waals surface area contributed by atoms with Gasteiger partial charge in [-0.05, 0) is 18.2 Å². The Hall–Kier alpha value is -3.17. The van der Waals surface area contributed by atoms with Gasteiger partial charge in [-0.15, -0.1) is 12.4 Å². The maximum Gasteiger partial charge on any atom is 0.230 e. The summed E-state index contributed by atoms with van der Waals surface area (Å²) in [6, 6.07) is 10.1. The van der Waals surface area contributed by atoms with E-state index in [4.69, 9.17) is 17.2 Å². The highest BCUT2D eigenvalue weighted by Crippen LogP contribution is 2.27. The molecule has 140 valence electrons. The molecule has 3 aromatic rings. The molecule has 1 aromatic carbocycles. The minimum Gasteiger partial charge on any atom is -0.395 e. The number of fused-ring (bicyclic) bond motifs is 1. The molecular weight excluding hydrogens is 371 g/mol. The predicted molar refractivity (Wildman–Crippen MR) is 103 cm³/mol. The third-order valence-corrected chi connectivity index (χ3v) is 4.19. The number of pyridine rings is 1. The quantitative estimate of drug-likeness (QED) is 0.526. The van der Waals surface area contributed by atoms with Gasteiger partial charge >= 0.3 is 0 Å². The second kappa shape index (κ2) is 6.86. The zero-order chi connectivity index (χ0) is 18.3. The van der Waals surface area contributed by atoms with Crippen LogP contribution < -0.4 is 22.5 Å². The van der Waals surface area contributed by atoms with Crippen molar-refractivity contribution in [1.29, 1.82) is 0 Å². The van der Waals surface area contributed by atoms with Crippen molar-refractivity contribution in [3.63, 3.8) is 0 Å². The standard InChI is InChI=1S/C17H17FN8.ClH/c18-12-6-2-1-4-10(12)9-26-16-11(5-3-7-22-16)14(25-26)17(21)23-8-13(19)15(20)24-17;/h1-8,23H,9,19,21H2,(H2,20,24);1H. The van der Waals surface area contributed by atoms with Gasteiger partial charge in [0.25, 0.3) is 0 Å². The summed E-state index contributed by atoms with van der Waals surface area (Å²) in [5, 5.41) is 8.15. The van der Waals surface area contributed by atoms with Crippen LogP contribution in [-0.4, -0.2) is 20.6 Å². The van der Waals surface area contributed by atoms with E-state index in [2.05, 4.69) is 20.4 Å². The summed E-state index contributed by atoms with van der Waals surface area (Å²) in [7, 11) is 0. The Morgan fingerprint density at radius 2 is 1.93 bits per heavy atom. The smallest absolute Gasteiger partial charge is 0.230 e. The summed E-state index contributed by atoms with van der Waals surface area (Å²) in [6.45, 7) is 0.202. The van der Waals surface area contributed by atoms with Crippen molar-refractivity contribution < 1.29 is 4.39 Å². The molecule has 0 aliphatic carbocycles. The highest BCUT2D eigenvalue weighted by molar-refractivity contribution is 5.97. The van der Waals surface area contributed by atoms with Crippen molar-refractivity contribution in [2.45, 2.75) is 12.3 Å². The molecule has 0 saturated heterocycles. The van der Waals surface area contributed by atoms with Crippen LogP contribution in [0.5, 0.6) is 0 Å². The minimum absolute atomic E-state index is 0. The second-order valence-electron chi connectivity index (χ2n) is 5.98. The Morgan fingerprint density at radius 1 is 1.15 bits per heavy atom. The molecule has 1 atom stereocenters. The van der Waals surface area contributed by atoms with Crippen LogP contribution in [-0.2, 0) is 12.3 Å². The number of aromatic nitrogens is 3. The van der Waals surface area contributed by atoms with E-state index in [1.807, 2.05) is 6.07 Å². The van der Waals surface area contributed by atoms with Gasteiger partial charge < -0.3 is 16.8 Å². The van der Waals surface area contributed by atoms with Gasteiger partial charge in [0.15, 0.2) is 5.65 Å². The number of nitrogens with zero attached hydrogens (tertiary/aromatic N) is 4. The first-order valence-corrected chi connectivity index (χ1v) is 7.91. The third-order valence-electron chi connectivity index (χ3n) is 4.19. The van der Waals surface area contributed by atoms with Crippen LogP contribution in [0.3, 0.4) is 0 Å².